The van der Waals surface area contributed by atoms with Gasteiger partial charge in [0.05, 0.1) is 39.8 Å². The van der Waals surface area contributed by atoms with Crippen molar-refractivity contribution >= 4 is 26.0 Å². The molecule has 0 bridgehead atoms. The Hall–Kier alpha value is -3.13. The van der Waals surface area contributed by atoms with Gasteiger partial charge in [0, 0.05) is 17.5 Å². The minimum atomic E-state index is -5.99. The predicted octanol–water partition coefficient (Wildman–Crippen LogP) is 3.54. The molecular formula is C20H21F3O9S2. The van der Waals surface area contributed by atoms with Gasteiger partial charge < -0.3 is 23.1 Å². The van der Waals surface area contributed by atoms with E-state index in [0.29, 0.717) is 11.3 Å². The summed E-state index contributed by atoms with van der Waals surface area (Å²) in [5.41, 5.74) is -5.44. The predicted molar refractivity (Wildman–Crippen MR) is 116 cm³/mol. The molecule has 34 heavy (non-hydrogen) atoms. The number of hydrogen-bond acceptors (Lipinski definition) is 9. The van der Waals surface area contributed by atoms with Crippen LogP contribution in [0.4, 0.5) is 13.2 Å². The van der Waals surface area contributed by atoms with Crippen LogP contribution in [0.2, 0.25) is 0 Å². The Morgan fingerprint density at radius 3 is 1.82 bits per heavy atom. The fourth-order valence-corrected chi connectivity index (χ4v) is 4.24. The fraction of sp³-hybridized carbons (Fsp3) is 0.300. The van der Waals surface area contributed by atoms with Crippen LogP contribution >= 0.6 is 0 Å². The number of methoxy groups -OCH3 is 4. The molecule has 2 rings (SSSR count). The fourth-order valence-electron chi connectivity index (χ4n) is 2.69. The molecular weight excluding hydrogens is 505 g/mol. The van der Waals surface area contributed by atoms with E-state index in [0.717, 1.165) is 24.7 Å². The molecule has 0 amide bonds. The SMILES string of the molecule is COc1cc(OC)c(/C=C/S(=O)(=O)Cc2ccc(OC)c(OS(=O)(=O)C(F)(F)F)c2)c(OC)c1. The van der Waals surface area contributed by atoms with E-state index in [4.69, 9.17) is 18.9 Å². The number of halogens is 3. The third-order valence-electron chi connectivity index (χ3n) is 4.27. The zero-order valence-electron chi connectivity index (χ0n) is 18.4. The molecule has 0 unspecified atom stereocenters. The number of benzene rings is 2. The number of ether oxygens (including phenoxy) is 4. The summed E-state index contributed by atoms with van der Waals surface area (Å²) in [6.45, 7) is 0. The molecule has 14 heteroatoms. The second-order valence-corrected chi connectivity index (χ2v) is 9.95. The second-order valence-electron chi connectivity index (χ2n) is 6.52. The Morgan fingerprint density at radius 1 is 0.794 bits per heavy atom. The number of sulfone groups is 1. The van der Waals surface area contributed by atoms with Crippen molar-refractivity contribution in [3.63, 3.8) is 0 Å². The van der Waals surface area contributed by atoms with E-state index in [1.165, 1.54) is 45.6 Å². The van der Waals surface area contributed by atoms with Crippen molar-refractivity contribution in [1.29, 1.82) is 0 Å². The van der Waals surface area contributed by atoms with Gasteiger partial charge in [0.1, 0.15) is 17.2 Å². The molecule has 0 saturated heterocycles. The highest BCUT2D eigenvalue weighted by molar-refractivity contribution is 7.93. The molecule has 2 aromatic carbocycles. The van der Waals surface area contributed by atoms with Crippen LogP contribution in [-0.2, 0) is 25.7 Å². The average molecular weight is 527 g/mol. The number of alkyl halides is 3. The molecule has 188 valence electrons. The smallest absolute Gasteiger partial charge is 0.496 e. The standard InChI is InChI=1S/C20H21F3O9S2/c1-28-14-10-17(30-3)15(18(11-14)31-4)7-8-33(24,25)12-13-5-6-16(29-2)19(9-13)32-34(26,27)20(21,22)23/h5-11H,12H2,1-4H3/b8-7+. The van der Waals surface area contributed by atoms with Crippen molar-refractivity contribution in [3.05, 3.63) is 46.9 Å². The third-order valence-corrected chi connectivity index (χ3v) is 6.53. The Balaban J connectivity index is 2.38. The summed E-state index contributed by atoms with van der Waals surface area (Å²) in [5, 5.41) is 0.858. The van der Waals surface area contributed by atoms with Crippen LogP contribution in [0.25, 0.3) is 6.08 Å². The molecule has 0 N–H and O–H groups in total. The van der Waals surface area contributed by atoms with Crippen LogP contribution in [0.1, 0.15) is 11.1 Å². The Bertz CT molecular complexity index is 1240. The van der Waals surface area contributed by atoms with Gasteiger partial charge in [-0.25, -0.2) is 8.42 Å². The summed E-state index contributed by atoms with van der Waals surface area (Å²) in [6, 6.07) is 6.20. The van der Waals surface area contributed by atoms with Crippen molar-refractivity contribution in [1.82, 2.24) is 0 Å². The molecule has 0 saturated carbocycles. The molecule has 0 atom stereocenters. The molecule has 0 fully saturated rings. The summed E-state index contributed by atoms with van der Waals surface area (Å²) in [7, 11) is -4.74. The summed E-state index contributed by atoms with van der Waals surface area (Å²) < 4.78 is 111. The minimum Gasteiger partial charge on any atom is -0.496 e. The summed E-state index contributed by atoms with van der Waals surface area (Å²) in [4.78, 5) is 0. The van der Waals surface area contributed by atoms with Gasteiger partial charge in [-0.1, -0.05) is 6.07 Å². The molecule has 0 spiro atoms. The van der Waals surface area contributed by atoms with Crippen molar-refractivity contribution in [3.8, 4) is 28.7 Å². The summed E-state index contributed by atoms with van der Waals surface area (Å²) in [6.07, 6.45) is 1.22. The highest BCUT2D eigenvalue weighted by Gasteiger charge is 2.49. The lowest BCUT2D eigenvalue weighted by molar-refractivity contribution is -0.0500. The van der Waals surface area contributed by atoms with Crippen LogP contribution in [0.5, 0.6) is 28.7 Å². The quantitative estimate of drug-likeness (QED) is 0.339. The van der Waals surface area contributed by atoms with E-state index < -0.39 is 37.0 Å². The molecule has 0 aliphatic heterocycles. The maximum absolute atomic E-state index is 12.7. The first-order valence-corrected chi connectivity index (χ1v) is 12.3. The highest BCUT2D eigenvalue weighted by atomic mass is 32.2. The molecule has 9 nitrogen and oxygen atoms in total. The lowest BCUT2D eigenvalue weighted by Gasteiger charge is -2.13. The van der Waals surface area contributed by atoms with Crippen LogP contribution in [0, 0.1) is 0 Å². The van der Waals surface area contributed by atoms with Crippen LogP contribution < -0.4 is 23.1 Å². The largest absolute Gasteiger partial charge is 0.534 e. The maximum atomic E-state index is 12.7. The van der Waals surface area contributed by atoms with Crippen LogP contribution in [-0.4, -0.2) is 50.8 Å². The third kappa shape index (κ3) is 6.47. The van der Waals surface area contributed by atoms with Crippen molar-refractivity contribution in [2.45, 2.75) is 11.3 Å². The van der Waals surface area contributed by atoms with Gasteiger partial charge in [-0.2, -0.15) is 21.6 Å². The molecule has 0 aliphatic carbocycles. The Kier molecular flexibility index (Phi) is 8.31. The van der Waals surface area contributed by atoms with Gasteiger partial charge in [-0.15, -0.1) is 0 Å². The van der Waals surface area contributed by atoms with E-state index in [9.17, 15) is 30.0 Å². The van der Waals surface area contributed by atoms with E-state index >= 15 is 0 Å². The lowest BCUT2D eigenvalue weighted by Crippen LogP contribution is -2.28. The summed E-state index contributed by atoms with van der Waals surface area (Å²) >= 11 is 0. The minimum absolute atomic E-state index is 0.0496. The molecule has 2 aromatic rings. The van der Waals surface area contributed by atoms with Crippen molar-refractivity contribution in [2.24, 2.45) is 0 Å². The first kappa shape index (κ1) is 27.1. The topological polar surface area (TPSA) is 114 Å². The Labute approximate surface area is 194 Å². The normalized spacial score (nSPS) is 12.4. The second kappa shape index (κ2) is 10.4. The van der Waals surface area contributed by atoms with Crippen molar-refractivity contribution < 1.29 is 53.1 Å². The van der Waals surface area contributed by atoms with Gasteiger partial charge >= 0.3 is 15.6 Å². The molecule has 0 radical (unpaired) electrons. The molecule has 0 heterocycles. The highest BCUT2D eigenvalue weighted by Crippen LogP contribution is 2.36. The van der Waals surface area contributed by atoms with Crippen molar-refractivity contribution in [2.75, 3.05) is 28.4 Å². The zero-order valence-corrected chi connectivity index (χ0v) is 20.0. The van der Waals surface area contributed by atoms with E-state index in [1.807, 2.05) is 0 Å². The van der Waals surface area contributed by atoms with E-state index in [1.54, 1.807) is 0 Å². The van der Waals surface area contributed by atoms with Crippen LogP contribution in [0.3, 0.4) is 0 Å². The number of rotatable bonds is 10. The molecule has 0 aliphatic rings. The van der Waals surface area contributed by atoms with Gasteiger partial charge in [-0.05, 0) is 23.8 Å². The van der Waals surface area contributed by atoms with E-state index in [-0.39, 0.29) is 22.8 Å². The van der Waals surface area contributed by atoms with E-state index in [2.05, 4.69) is 4.18 Å². The number of hydrogen-bond donors (Lipinski definition) is 0. The average Bonchev–Trinajstić information content (AvgIpc) is 2.76. The van der Waals surface area contributed by atoms with Crippen LogP contribution in [0.15, 0.2) is 35.7 Å². The van der Waals surface area contributed by atoms with Gasteiger partial charge in [0.2, 0.25) is 0 Å². The lowest BCUT2D eigenvalue weighted by atomic mass is 10.1. The Morgan fingerprint density at radius 2 is 1.35 bits per heavy atom. The maximum Gasteiger partial charge on any atom is 0.534 e. The zero-order chi connectivity index (χ0) is 25.7. The monoisotopic (exact) mass is 526 g/mol. The first-order valence-electron chi connectivity index (χ1n) is 9.15. The first-order chi connectivity index (χ1) is 15.8. The van der Waals surface area contributed by atoms with Gasteiger partial charge in [-0.3, -0.25) is 0 Å². The molecule has 0 aromatic heterocycles. The van der Waals surface area contributed by atoms with Gasteiger partial charge in [0.15, 0.2) is 21.3 Å². The summed E-state index contributed by atoms with van der Waals surface area (Å²) in [5.74, 6) is -0.891. The van der Waals surface area contributed by atoms with Gasteiger partial charge in [0.25, 0.3) is 0 Å².